The van der Waals surface area contributed by atoms with Gasteiger partial charge in [-0.05, 0) is 25.0 Å². The molecule has 1 saturated heterocycles. The Labute approximate surface area is 84.1 Å². The monoisotopic (exact) mass is 192 g/mol. The molecule has 1 aliphatic rings. The fourth-order valence-corrected chi connectivity index (χ4v) is 1.95. The number of benzene rings is 1. The number of nitrogens with zero attached hydrogens (tertiary/aromatic N) is 1. The van der Waals surface area contributed by atoms with Crippen molar-refractivity contribution in [1.29, 1.82) is 0 Å². The second kappa shape index (κ2) is 3.88. The molecule has 1 atom stereocenters. The lowest BCUT2D eigenvalue weighted by atomic mass is 10.1. The molecule has 3 N–H and O–H groups in total. The lowest BCUT2D eigenvalue weighted by Crippen LogP contribution is -2.38. The summed E-state index contributed by atoms with van der Waals surface area (Å²) in [7, 11) is 0. The fraction of sp³-hybridized carbons (Fsp3) is 0.455. The maximum Gasteiger partial charge on any atom is 0.0715 e. The van der Waals surface area contributed by atoms with Gasteiger partial charge >= 0.3 is 0 Å². The molecule has 0 unspecified atom stereocenters. The molecule has 1 aromatic rings. The molecule has 0 spiro atoms. The second-order valence-electron chi connectivity index (χ2n) is 3.80. The van der Waals surface area contributed by atoms with Crippen LogP contribution in [0.1, 0.15) is 12.8 Å². The molecule has 0 saturated carbocycles. The molecular formula is C11H16N2O. The van der Waals surface area contributed by atoms with E-state index < -0.39 is 0 Å². The van der Waals surface area contributed by atoms with Gasteiger partial charge in [0.15, 0.2) is 0 Å². The average Bonchev–Trinajstić information content (AvgIpc) is 2.18. The Bertz CT molecular complexity index is 314. The summed E-state index contributed by atoms with van der Waals surface area (Å²) in [6, 6.07) is 7.82. The van der Waals surface area contributed by atoms with Crippen molar-refractivity contribution < 1.29 is 5.11 Å². The lowest BCUT2D eigenvalue weighted by molar-refractivity contribution is 0.154. The van der Waals surface area contributed by atoms with Crippen LogP contribution in [0.3, 0.4) is 0 Å². The first-order valence-electron chi connectivity index (χ1n) is 5.05. The number of aliphatic hydroxyl groups excluding tert-OH is 1. The number of β-amino-alcohol motifs (C(OH)–C–C–N with tert-alkyl or cyclic N) is 1. The molecule has 0 amide bonds. The SMILES string of the molecule is Nc1ccccc1N1CCC[C@@H](O)C1. The van der Waals surface area contributed by atoms with Gasteiger partial charge in [0, 0.05) is 13.1 Å². The molecule has 0 aromatic heterocycles. The number of rotatable bonds is 1. The first-order valence-corrected chi connectivity index (χ1v) is 5.05. The maximum absolute atomic E-state index is 9.55. The quantitative estimate of drug-likeness (QED) is 0.658. The minimum atomic E-state index is -0.205. The van der Waals surface area contributed by atoms with Gasteiger partial charge in [0.05, 0.1) is 17.5 Å². The van der Waals surface area contributed by atoms with Gasteiger partial charge < -0.3 is 15.7 Å². The summed E-state index contributed by atoms with van der Waals surface area (Å²) in [5.74, 6) is 0. The second-order valence-corrected chi connectivity index (χ2v) is 3.80. The van der Waals surface area contributed by atoms with E-state index in [-0.39, 0.29) is 6.10 Å². The Morgan fingerprint density at radius 2 is 2.14 bits per heavy atom. The molecule has 0 aliphatic carbocycles. The minimum absolute atomic E-state index is 0.205. The first kappa shape index (κ1) is 9.34. The maximum atomic E-state index is 9.55. The molecule has 1 fully saturated rings. The van der Waals surface area contributed by atoms with Crippen LogP contribution in [0.15, 0.2) is 24.3 Å². The molecular weight excluding hydrogens is 176 g/mol. The van der Waals surface area contributed by atoms with Gasteiger partial charge in [-0.15, -0.1) is 0 Å². The topological polar surface area (TPSA) is 49.5 Å². The largest absolute Gasteiger partial charge is 0.397 e. The number of hydrogen-bond donors (Lipinski definition) is 2. The van der Waals surface area contributed by atoms with Crippen molar-refractivity contribution in [2.24, 2.45) is 0 Å². The summed E-state index contributed by atoms with van der Waals surface area (Å²) in [5, 5.41) is 9.55. The molecule has 76 valence electrons. The molecule has 3 heteroatoms. The summed E-state index contributed by atoms with van der Waals surface area (Å²) in [5.41, 5.74) is 7.71. The predicted octanol–water partition coefficient (Wildman–Crippen LogP) is 1.23. The van der Waals surface area contributed by atoms with Crippen LogP contribution >= 0.6 is 0 Å². The van der Waals surface area contributed by atoms with Crippen LogP contribution in [0.2, 0.25) is 0 Å². The summed E-state index contributed by atoms with van der Waals surface area (Å²) in [6.07, 6.45) is 1.74. The lowest BCUT2D eigenvalue weighted by Gasteiger charge is -2.32. The first-order chi connectivity index (χ1) is 6.77. The summed E-state index contributed by atoms with van der Waals surface area (Å²) >= 11 is 0. The number of hydrogen-bond acceptors (Lipinski definition) is 3. The molecule has 2 rings (SSSR count). The number of piperidine rings is 1. The number of aliphatic hydroxyl groups is 1. The third kappa shape index (κ3) is 1.82. The molecule has 0 bridgehead atoms. The van der Waals surface area contributed by atoms with Gasteiger partial charge in [-0.25, -0.2) is 0 Å². The number of nitrogens with two attached hydrogens (primary N) is 1. The highest BCUT2D eigenvalue weighted by molar-refractivity contribution is 5.67. The highest BCUT2D eigenvalue weighted by Gasteiger charge is 2.18. The predicted molar refractivity (Wildman–Crippen MR) is 58.3 cm³/mol. The van der Waals surface area contributed by atoms with E-state index in [4.69, 9.17) is 5.73 Å². The zero-order valence-electron chi connectivity index (χ0n) is 8.19. The molecule has 1 heterocycles. The van der Waals surface area contributed by atoms with Gasteiger partial charge in [-0.1, -0.05) is 12.1 Å². The van der Waals surface area contributed by atoms with Crippen molar-refractivity contribution in [2.75, 3.05) is 23.7 Å². The van der Waals surface area contributed by atoms with Crippen LogP contribution < -0.4 is 10.6 Å². The van der Waals surface area contributed by atoms with Crippen LogP contribution in [0, 0.1) is 0 Å². The third-order valence-electron chi connectivity index (χ3n) is 2.67. The molecule has 1 aromatic carbocycles. The van der Waals surface area contributed by atoms with E-state index in [2.05, 4.69) is 4.90 Å². The number of anilines is 2. The average molecular weight is 192 g/mol. The van der Waals surface area contributed by atoms with E-state index in [1.165, 1.54) is 0 Å². The van der Waals surface area contributed by atoms with Gasteiger partial charge in [-0.3, -0.25) is 0 Å². The number of nitrogen functional groups attached to an aromatic ring is 1. The van der Waals surface area contributed by atoms with Crippen molar-refractivity contribution in [3.63, 3.8) is 0 Å². The van der Waals surface area contributed by atoms with Crippen molar-refractivity contribution in [3.05, 3.63) is 24.3 Å². The van der Waals surface area contributed by atoms with Crippen LogP contribution in [-0.4, -0.2) is 24.3 Å². The number of para-hydroxylation sites is 2. The van der Waals surface area contributed by atoms with Crippen molar-refractivity contribution >= 4 is 11.4 Å². The smallest absolute Gasteiger partial charge is 0.0715 e. The van der Waals surface area contributed by atoms with Gasteiger partial charge in [0.25, 0.3) is 0 Å². The molecule has 3 nitrogen and oxygen atoms in total. The summed E-state index contributed by atoms with van der Waals surface area (Å²) < 4.78 is 0. The van der Waals surface area contributed by atoms with Crippen LogP contribution in [-0.2, 0) is 0 Å². The Kier molecular flexibility index (Phi) is 2.59. The molecule has 1 aliphatic heterocycles. The van der Waals surface area contributed by atoms with E-state index in [0.717, 1.165) is 30.8 Å². The highest BCUT2D eigenvalue weighted by Crippen LogP contribution is 2.25. The summed E-state index contributed by atoms with van der Waals surface area (Å²) in [6.45, 7) is 1.69. The standard InChI is InChI=1S/C11H16N2O/c12-10-5-1-2-6-11(10)13-7-3-4-9(14)8-13/h1-2,5-6,9,14H,3-4,7-8,12H2/t9-/m1/s1. The van der Waals surface area contributed by atoms with Crippen molar-refractivity contribution in [3.8, 4) is 0 Å². The van der Waals surface area contributed by atoms with E-state index in [9.17, 15) is 5.11 Å². The fourth-order valence-electron chi connectivity index (χ4n) is 1.95. The van der Waals surface area contributed by atoms with E-state index in [1.807, 2.05) is 24.3 Å². The normalized spacial score (nSPS) is 22.4. The third-order valence-corrected chi connectivity index (χ3v) is 2.67. The van der Waals surface area contributed by atoms with Gasteiger partial charge in [0.2, 0.25) is 0 Å². The van der Waals surface area contributed by atoms with Gasteiger partial charge in [0.1, 0.15) is 0 Å². The van der Waals surface area contributed by atoms with Crippen LogP contribution in [0.4, 0.5) is 11.4 Å². The van der Waals surface area contributed by atoms with Crippen LogP contribution in [0.25, 0.3) is 0 Å². The van der Waals surface area contributed by atoms with Crippen molar-refractivity contribution in [1.82, 2.24) is 0 Å². The van der Waals surface area contributed by atoms with E-state index in [0.29, 0.717) is 6.54 Å². The van der Waals surface area contributed by atoms with Crippen molar-refractivity contribution in [2.45, 2.75) is 18.9 Å². The van der Waals surface area contributed by atoms with Gasteiger partial charge in [-0.2, -0.15) is 0 Å². The highest BCUT2D eigenvalue weighted by atomic mass is 16.3. The van der Waals surface area contributed by atoms with Crippen LogP contribution in [0.5, 0.6) is 0 Å². The Morgan fingerprint density at radius 1 is 1.36 bits per heavy atom. The summed E-state index contributed by atoms with van der Waals surface area (Å²) in [4.78, 5) is 2.16. The molecule has 0 radical (unpaired) electrons. The Hall–Kier alpha value is -1.22. The van der Waals surface area contributed by atoms with E-state index in [1.54, 1.807) is 0 Å². The zero-order valence-corrected chi connectivity index (χ0v) is 8.19. The Morgan fingerprint density at radius 3 is 2.86 bits per heavy atom. The molecule has 14 heavy (non-hydrogen) atoms. The Balaban J connectivity index is 2.18. The minimum Gasteiger partial charge on any atom is -0.397 e. The zero-order chi connectivity index (χ0) is 9.97. The van der Waals surface area contributed by atoms with E-state index >= 15 is 0 Å².